The molecule has 2 amide bonds. The number of methoxy groups -OCH3 is 1. The lowest BCUT2D eigenvalue weighted by Crippen LogP contribution is -2.65. The van der Waals surface area contributed by atoms with Gasteiger partial charge in [-0.25, -0.2) is 14.6 Å². The first kappa shape index (κ1) is 34.7. The number of carbonyl (C=O) groups is 3. The maximum Gasteiger partial charge on any atom is 0.482 e. The first-order valence-electron chi connectivity index (χ1n) is 16.3. The molecule has 6 rings (SSSR count). The highest BCUT2D eigenvalue weighted by molar-refractivity contribution is 6.48. The van der Waals surface area contributed by atoms with Crippen LogP contribution in [0.1, 0.15) is 101 Å². The van der Waals surface area contributed by atoms with Gasteiger partial charge in [0.15, 0.2) is 0 Å². The van der Waals surface area contributed by atoms with Crippen molar-refractivity contribution in [1.82, 2.24) is 10.3 Å². The van der Waals surface area contributed by atoms with Crippen molar-refractivity contribution < 1.29 is 37.9 Å². The fourth-order valence-corrected chi connectivity index (χ4v) is 7.27. The number of pyridine rings is 1. The number of aromatic nitrogens is 1. The van der Waals surface area contributed by atoms with Crippen LogP contribution in [0.15, 0.2) is 36.5 Å². The predicted molar refractivity (Wildman–Crippen MR) is 177 cm³/mol. The Kier molecular flexibility index (Phi) is 9.18. The lowest BCUT2D eigenvalue weighted by Gasteiger charge is -2.64. The molecule has 4 fully saturated rings. The summed E-state index contributed by atoms with van der Waals surface area (Å²) in [6, 6.07) is 8.40. The van der Waals surface area contributed by atoms with Gasteiger partial charge >= 0.3 is 19.2 Å². The molecule has 4 aliphatic rings. The summed E-state index contributed by atoms with van der Waals surface area (Å²) in [7, 11) is 0.756. The Morgan fingerprint density at radius 2 is 1.72 bits per heavy atom. The molecule has 1 aliphatic heterocycles. The largest absolute Gasteiger partial charge is 0.496 e. The number of carbonyl (C=O) groups excluding carboxylic acids is 3. The van der Waals surface area contributed by atoms with E-state index in [-0.39, 0.29) is 29.3 Å². The van der Waals surface area contributed by atoms with Crippen molar-refractivity contribution in [3.63, 3.8) is 0 Å². The van der Waals surface area contributed by atoms with Crippen LogP contribution in [0, 0.1) is 17.3 Å². The number of hydrogen-bond donors (Lipinski definition) is 2. The number of anilines is 1. The zero-order chi connectivity index (χ0) is 34.5. The van der Waals surface area contributed by atoms with Gasteiger partial charge in [-0.1, -0.05) is 26.0 Å². The summed E-state index contributed by atoms with van der Waals surface area (Å²) in [6.07, 6.45) is 2.88. The van der Waals surface area contributed by atoms with E-state index in [1.165, 1.54) is 19.4 Å². The van der Waals surface area contributed by atoms with Crippen molar-refractivity contribution in [1.29, 1.82) is 0 Å². The van der Waals surface area contributed by atoms with Gasteiger partial charge in [0.2, 0.25) is 0 Å². The van der Waals surface area contributed by atoms with E-state index in [1.54, 1.807) is 39.0 Å². The molecule has 0 radical (unpaired) electrons. The second-order valence-corrected chi connectivity index (χ2v) is 15.7. The molecule has 3 aliphatic carbocycles. The second kappa shape index (κ2) is 12.4. The van der Waals surface area contributed by atoms with Gasteiger partial charge in [0.25, 0.3) is 5.91 Å². The van der Waals surface area contributed by atoms with E-state index < -0.39 is 47.8 Å². The average molecular weight is 650 g/mol. The fourth-order valence-electron chi connectivity index (χ4n) is 7.27. The number of esters is 1. The molecule has 0 spiro atoms. The van der Waals surface area contributed by atoms with Crippen LogP contribution in [0.5, 0.6) is 5.75 Å². The van der Waals surface area contributed by atoms with E-state index in [0.717, 1.165) is 12.8 Å². The van der Waals surface area contributed by atoms with Gasteiger partial charge in [-0.05, 0) is 109 Å². The summed E-state index contributed by atoms with van der Waals surface area (Å²) in [5.74, 6) is -0.0398. The molecule has 47 heavy (non-hydrogen) atoms. The number of benzene rings is 1. The number of amides is 2. The maximum atomic E-state index is 13.7. The van der Waals surface area contributed by atoms with Gasteiger partial charge in [-0.3, -0.25) is 10.1 Å². The smallest absolute Gasteiger partial charge is 0.482 e. The molecule has 3 saturated carbocycles. The number of rotatable bonds is 8. The zero-order valence-corrected chi connectivity index (χ0v) is 29.2. The molecule has 2 heterocycles. The standard InChI is InChI=1S/C35H48BN3O8/c1-32(2,3)44-30(41)23-13-11-12-20(28(23)43-10)16-26(36-46-25-18-22-17-24(34(22,7)8)35(25,9)47-36)38-29(40)21-14-15-27(37-19-21)39-31(42)45-33(4,5)6/h11-15,19,22,24-26H,16-18H2,1-10H3,(H,38,40)(H,37,39,42). The average Bonchev–Trinajstić information content (AvgIpc) is 3.32. The molecule has 254 valence electrons. The van der Waals surface area contributed by atoms with Crippen molar-refractivity contribution in [3.8, 4) is 5.75 Å². The van der Waals surface area contributed by atoms with Crippen molar-refractivity contribution in [3.05, 3.63) is 53.2 Å². The number of ether oxygens (including phenoxy) is 3. The summed E-state index contributed by atoms with van der Waals surface area (Å²) in [6.45, 7) is 17.4. The Morgan fingerprint density at radius 3 is 2.32 bits per heavy atom. The molecule has 12 heteroatoms. The van der Waals surface area contributed by atoms with E-state index in [2.05, 4.69) is 36.4 Å². The fraction of sp³-hybridized carbons (Fsp3) is 0.600. The Balaban J connectivity index is 1.40. The number of hydrogen-bond acceptors (Lipinski definition) is 9. The minimum absolute atomic E-state index is 0.0986. The molecule has 1 aromatic carbocycles. The molecule has 5 unspecified atom stereocenters. The van der Waals surface area contributed by atoms with Crippen molar-refractivity contribution >= 4 is 30.9 Å². The monoisotopic (exact) mass is 649 g/mol. The minimum Gasteiger partial charge on any atom is -0.496 e. The molecule has 5 atom stereocenters. The maximum absolute atomic E-state index is 13.7. The summed E-state index contributed by atoms with van der Waals surface area (Å²) in [5.41, 5.74) is -0.440. The van der Waals surface area contributed by atoms with Gasteiger partial charge in [0.1, 0.15) is 28.3 Å². The molecule has 2 bridgehead atoms. The highest BCUT2D eigenvalue weighted by Crippen LogP contribution is 2.65. The van der Waals surface area contributed by atoms with Crippen LogP contribution in [-0.4, -0.2) is 66.0 Å². The summed E-state index contributed by atoms with van der Waals surface area (Å²) in [4.78, 5) is 43.2. The highest BCUT2D eigenvalue weighted by atomic mass is 16.7. The van der Waals surface area contributed by atoms with Crippen LogP contribution >= 0.6 is 0 Å². The first-order valence-corrected chi connectivity index (χ1v) is 16.3. The quantitative estimate of drug-likeness (QED) is 0.261. The van der Waals surface area contributed by atoms with Gasteiger partial charge in [-0.2, -0.15) is 0 Å². The van der Waals surface area contributed by atoms with Crippen LogP contribution in [-0.2, 0) is 25.2 Å². The van der Waals surface area contributed by atoms with Gasteiger partial charge in [-0.15, -0.1) is 0 Å². The summed E-state index contributed by atoms with van der Waals surface area (Å²) < 4.78 is 30.1. The topological polar surface area (TPSA) is 134 Å². The Morgan fingerprint density at radius 1 is 1.02 bits per heavy atom. The Hall–Kier alpha value is -3.64. The predicted octanol–water partition coefficient (Wildman–Crippen LogP) is 6.00. The van der Waals surface area contributed by atoms with E-state index in [9.17, 15) is 14.4 Å². The Labute approximate surface area is 277 Å². The van der Waals surface area contributed by atoms with Crippen LogP contribution < -0.4 is 15.4 Å². The molecule has 1 saturated heterocycles. The van der Waals surface area contributed by atoms with E-state index in [0.29, 0.717) is 28.7 Å². The molecular weight excluding hydrogens is 601 g/mol. The summed E-state index contributed by atoms with van der Waals surface area (Å²) >= 11 is 0. The van der Waals surface area contributed by atoms with Crippen LogP contribution in [0.25, 0.3) is 0 Å². The third kappa shape index (κ3) is 7.28. The molecule has 2 N–H and O–H groups in total. The van der Waals surface area contributed by atoms with E-state index in [1.807, 2.05) is 26.8 Å². The van der Waals surface area contributed by atoms with Crippen LogP contribution in [0.4, 0.5) is 10.6 Å². The lowest BCUT2D eigenvalue weighted by molar-refractivity contribution is -0.199. The second-order valence-electron chi connectivity index (χ2n) is 15.7. The highest BCUT2D eigenvalue weighted by Gasteiger charge is 2.68. The first-order chi connectivity index (χ1) is 21.8. The SMILES string of the molecule is COc1c(CC(NC(=O)c2ccc(NC(=O)OC(C)(C)C)nc2)B2OC3CC4CC(C4(C)C)C3(C)O2)cccc1C(=O)OC(C)(C)C. The molecule has 2 aromatic rings. The van der Waals surface area contributed by atoms with Crippen molar-refractivity contribution in [2.75, 3.05) is 12.4 Å². The summed E-state index contributed by atoms with van der Waals surface area (Å²) in [5, 5.41) is 5.69. The van der Waals surface area contributed by atoms with Crippen LogP contribution in [0.2, 0.25) is 0 Å². The third-order valence-electron chi connectivity index (χ3n) is 9.63. The molecule has 11 nitrogen and oxygen atoms in total. The van der Waals surface area contributed by atoms with Gasteiger partial charge in [0, 0.05) is 6.20 Å². The minimum atomic E-state index is -0.750. The van der Waals surface area contributed by atoms with Crippen molar-refractivity contribution in [2.24, 2.45) is 17.3 Å². The van der Waals surface area contributed by atoms with E-state index >= 15 is 0 Å². The molecular formula is C35H48BN3O8. The number of nitrogens with zero attached hydrogens (tertiary/aromatic N) is 1. The van der Waals surface area contributed by atoms with E-state index in [4.69, 9.17) is 23.5 Å². The normalized spacial score (nSPS) is 25.1. The van der Waals surface area contributed by atoms with Gasteiger partial charge < -0.3 is 28.8 Å². The lowest BCUT2D eigenvalue weighted by atomic mass is 9.43. The molecule has 1 aromatic heterocycles. The Bertz CT molecular complexity index is 1520. The van der Waals surface area contributed by atoms with Crippen molar-refractivity contribution in [2.45, 2.75) is 110 Å². The number of para-hydroxylation sites is 1. The third-order valence-corrected chi connectivity index (χ3v) is 9.63. The number of nitrogens with one attached hydrogen (secondary N) is 2. The van der Waals surface area contributed by atoms with Gasteiger partial charge in [0.05, 0.1) is 30.3 Å². The van der Waals surface area contributed by atoms with Crippen LogP contribution in [0.3, 0.4) is 0 Å². The zero-order valence-electron chi connectivity index (χ0n) is 29.2.